The summed E-state index contributed by atoms with van der Waals surface area (Å²) in [6.45, 7) is 7.51. The summed E-state index contributed by atoms with van der Waals surface area (Å²) in [5.74, 6) is 0.921. The zero-order valence-electron chi connectivity index (χ0n) is 10.8. The van der Waals surface area contributed by atoms with Gasteiger partial charge in [-0.15, -0.1) is 11.3 Å². The van der Waals surface area contributed by atoms with E-state index in [1.54, 1.807) is 11.3 Å². The highest BCUT2D eigenvalue weighted by molar-refractivity contribution is 7.09. The molecule has 4 heteroatoms. The van der Waals surface area contributed by atoms with Crippen molar-refractivity contribution in [2.75, 3.05) is 13.1 Å². The molecule has 1 aromatic rings. The highest BCUT2D eigenvalue weighted by atomic mass is 32.1. The summed E-state index contributed by atoms with van der Waals surface area (Å²) in [7, 11) is 0. The number of thiazole rings is 1. The number of hydrogen-bond donors (Lipinski definition) is 2. The topological polar surface area (TPSA) is 37.0 Å². The number of piperidine rings is 1. The minimum atomic E-state index is 0.648. The normalized spacial score (nSPS) is 25.1. The number of nitrogens with one attached hydrogen (secondary N) is 2. The Kier molecular flexibility index (Phi) is 4.95. The van der Waals surface area contributed by atoms with Crippen molar-refractivity contribution in [3.63, 3.8) is 0 Å². The Bertz CT molecular complexity index is 337. The van der Waals surface area contributed by atoms with E-state index in [0.717, 1.165) is 24.7 Å². The maximum absolute atomic E-state index is 4.46. The molecule has 0 amide bonds. The third kappa shape index (κ3) is 4.05. The highest BCUT2D eigenvalue weighted by Crippen LogP contribution is 2.18. The molecule has 0 bridgehead atoms. The van der Waals surface area contributed by atoms with Crippen LogP contribution in [0.3, 0.4) is 0 Å². The van der Waals surface area contributed by atoms with E-state index < -0.39 is 0 Å². The minimum Gasteiger partial charge on any atom is -0.313 e. The SMILES string of the molecule is CCC1CCNC(CNCc2nc(C)cs2)C1. The molecule has 1 aliphatic rings. The van der Waals surface area contributed by atoms with Crippen molar-refractivity contribution in [2.45, 2.75) is 45.7 Å². The second-order valence-electron chi connectivity index (χ2n) is 4.96. The van der Waals surface area contributed by atoms with Crippen molar-refractivity contribution in [3.8, 4) is 0 Å². The summed E-state index contributed by atoms with van der Waals surface area (Å²) in [4.78, 5) is 4.46. The summed E-state index contributed by atoms with van der Waals surface area (Å²) in [5.41, 5.74) is 1.13. The second kappa shape index (κ2) is 6.47. The first-order valence-corrected chi connectivity index (χ1v) is 7.51. The van der Waals surface area contributed by atoms with Gasteiger partial charge >= 0.3 is 0 Å². The van der Waals surface area contributed by atoms with E-state index in [9.17, 15) is 0 Å². The zero-order chi connectivity index (χ0) is 12.1. The molecule has 2 unspecified atom stereocenters. The van der Waals surface area contributed by atoms with Crippen LogP contribution in [0.5, 0.6) is 0 Å². The van der Waals surface area contributed by atoms with Gasteiger partial charge in [0.2, 0.25) is 0 Å². The van der Waals surface area contributed by atoms with Gasteiger partial charge in [-0.1, -0.05) is 13.3 Å². The molecular weight excluding hydrogens is 230 g/mol. The Morgan fingerprint density at radius 2 is 2.47 bits per heavy atom. The first-order valence-electron chi connectivity index (χ1n) is 6.63. The average molecular weight is 253 g/mol. The van der Waals surface area contributed by atoms with Crippen LogP contribution in [0.1, 0.15) is 36.9 Å². The molecule has 0 saturated carbocycles. The molecule has 96 valence electrons. The monoisotopic (exact) mass is 253 g/mol. The summed E-state index contributed by atoms with van der Waals surface area (Å²) in [6.07, 6.45) is 3.99. The second-order valence-corrected chi connectivity index (χ2v) is 5.91. The van der Waals surface area contributed by atoms with E-state index in [2.05, 4.69) is 34.8 Å². The number of nitrogens with zero attached hydrogens (tertiary/aromatic N) is 1. The largest absolute Gasteiger partial charge is 0.313 e. The number of aryl methyl sites for hydroxylation is 1. The molecule has 1 saturated heterocycles. The van der Waals surface area contributed by atoms with Gasteiger partial charge in [0.1, 0.15) is 5.01 Å². The van der Waals surface area contributed by atoms with Crippen LogP contribution < -0.4 is 10.6 Å². The van der Waals surface area contributed by atoms with Crippen LogP contribution >= 0.6 is 11.3 Å². The van der Waals surface area contributed by atoms with E-state index in [0.29, 0.717) is 6.04 Å². The molecule has 3 nitrogen and oxygen atoms in total. The molecule has 0 aromatic carbocycles. The van der Waals surface area contributed by atoms with Crippen molar-refractivity contribution in [3.05, 3.63) is 16.1 Å². The molecule has 17 heavy (non-hydrogen) atoms. The van der Waals surface area contributed by atoms with Crippen molar-refractivity contribution in [1.29, 1.82) is 0 Å². The number of aromatic nitrogens is 1. The van der Waals surface area contributed by atoms with Gasteiger partial charge in [-0.25, -0.2) is 4.98 Å². The molecule has 2 N–H and O–H groups in total. The van der Waals surface area contributed by atoms with Crippen LogP contribution in [0.25, 0.3) is 0 Å². The van der Waals surface area contributed by atoms with E-state index in [1.807, 2.05) is 0 Å². The van der Waals surface area contributed by atoms with Gasteiger partial charge in [-0.2, -0.15) is 0 Å². The maximum atomic E-state index is 4.46. The molecule has 0 aliphatic carbocycles. The number of rotatable bonds is 5. The molecule has 2 rings (SSSR count). The summed E-state index contributed by atoms with van der Waals surface area (Å²) in [5, 5.41) is 10.4. The predicted molar refractivity (Wildman–Crippen MR) is 73.4 cm³/mol. The van der Waals surface area contributed by atoms with Gasteiger partial charge in [0.05, 0.1) is 0 Å². The van der Waals surface area contributed by atoms with Crippen molar-refractivity contribution >= 4 is 11.3 Å². The molecule has 0 spiro atoms. The minimum absolute atomic E-state index is 0.648. The van der Waals surface area contributed by atoms with E-state index in [1.165, 1.54) is 30.8 Å². The molecule has 2 atom stereocenters. The van der Waals surface area contributed by atoms with Crippen molar-refractivity contribution < 1.29 is 0 Å². The van der Waals surface area contributed by atoms with Crippen molar-refractivity contribution in [1.82, 2.24) is 15.6 Å². The first-order chi connectivity index (χ1) is 8.28. The summed E-state index contributed by atoms with van der Waals surface area (Å²) in [6, 6.07) is 0.648. The Labute approximate surface area is 108 Å². The molecule has 1 fully saturated rings. The third-order valence-electron chi connectivity index (χ3n) is 3.51. The molecule has 2 heterocycles. The Morgan fingerprint density at radius 1 is 1.59 bits per heavy atom. The lowest BCUT2D eigenvalue weighted by Gasteiger charge is -2.29. The zero-order valence-corrected chi connectivity index (χ0v) is 11.6. The smallest absolute Gasteiger partial charge is 0.107 e. The van der Waals surface area contributed by atoms with E-state index in [-0.39, 0.29) is 0 Å². The molecular formula is C13H23N3S. The van der Waals surface area contributed by atoms with Gasteiger partial charge in [-0.05, 0) is 32.2 Å². The van der Waals surface area contributed by atoms with Crippen LogP contribution in [-0.2, 0) is 6.54 Å². The molecule has 0 radical (unpaired) electrons. The van der Waals surface area contributed by atoms with E-state index >= 15 is 0 Å². The van der Waals surface area contributed by atoms with Gasteiger partial charge in [0.15, 0.2) is 0 Å². The van der Waals surface area contributed by atoms with Crippen LogP contribution in [0, 0.1) is 12.8 Å². The Morgan fingerprint density at radius 3 is 3.18 bits per heavy atom. The quantitative estimate of drug-likeness (QED) is 0.845. The fourth-order valence-electron chi connectivity index (χ4n) is 2.46. The molecule has 1 aromatic heterocycles. The lowest BCUT2D eigenvalue weighted by atomic mass is 9.90. The predicted octanol–water partition coefficient (Wildman–Crippen LogP) is 2.32. The number of hydrogen-bond acceptors (Lipinski definition) is 4. The maximum Gasteiger partial charge on any atom is 0.107 e. The van der Waals surface area contributed by atoms with Crippen LogP contribution in [-0.4, -0.2) is 24.1 Å². The molecule has 1 aliphatic heterocycles. The lowest BCUT2D eigenvalue weighted by molar-refractivity contribution is 0.288. The summed E-state index contributed by atoms with van der Waals surface area (Å²) < 4.78 is 0. The third-order valence-corrected chi connectivity index (χ3v) is 4.48. The average Bonchev–Trinajstić information content (AvgIpc) is 2.75. The standard InChI is InChI=1S/C13H23N3S/c1-3-11-4-5-15-12(6-11)7-14-8-13-16-10(2)9-17-13/h9,11-12,14-15H,3-8H2,1-2H3. The van der Waals surface area contributed by atoms with Gasteiger partial charge < -0.3 is 10.6 Å². The van der Waals surface area contributed by atoms with Crippen LogP contribution in [0.15, 0.2) is 5.38 Å². The fourth-order valence-corrected chi connectivity index (χ4v) is 3.20. The van der Waals surface area contributed by atoms with Crippen molar-refractivity contribution in [2.24, 2.45) is 5.92 Å². The lowest BCUT2D eigenvalue weighted by Crippen LogP contribution is -2.44. The van der Waals surface area contributed by atoms with Gasteiger partial charge in [-0.3, -0.25) is 0 Å². The van der Waals surface area contributed by atoms with Gasteiger partial charge in [0.25, 0.3) is 0 Å². The summed E-state index contributed by atoms with van der Waals surface area (Å²) >= 11 is 1.75. The van der Waals surface area contributed by atoms with E-state index in [4.69, 9.17) is 0 Å². The first kappa shape index (κ1) is 13.0. The Hall–Kier alpha value is -0.450. The highest BCUT2D eigenvalue weighted by Gasteiger charge is 2.19. The van der Waals surface area contributed by atoms with Crippen LogP contribution in [0.4, 0.5) is 0 Å². The Balaban J connectivity index is 1.68. The van der Waals surface area contributed by atoms with Crippen LogP contribution in [0.2, 0.25) is 0 Å². The van der Waals surface area contributed by atoms with Gasteiger partial charge in [0, 0.05) is 30.2 Å². The fraction of sp³-hybridized carbons (Fsp3) is 0.769.